The number of halogens is 1. The van der Waals surface area contributed by atoms with Crippen molar-refractivity contribution < 1.29 is 14.3 Å². The van der Waals surface area contributed by atoms with Crippen molar-refractivity contribution >= 4 is 38.7 Å². The monoisotopic (exact) mass is 353 g/mol. The van der Waals surface area contributed by atoms with Crippen LogP contribution in [-0.2, 0) is 9.53 Å². The van der Waals surface area contributed by atoms with Crippen LogP contribution in [0.25, 0.3) is 10.9 Å². The number of esters is 1. The molecule has 0 saturated carbocycles. The second kappa shape index (κ2) is 6.26. The van der Waals surface area contributed by atoms with Gasteiger partial charge < -0.3 is 10.1 Å². The van der Waals surface area contributed by atoms with Gasteiger partial charge in [-0.2, -0.15) is 5.10 Å². The molecule has 6 nitrogen and oxygen atoms in total. The summed E-state index contributed by atoms with van der Waals surface area (Å²) in [5.41, 5.74) is 1.00. The Morgan fingerprint density at radius 3 is 2.71 bits per heavy atom. The SMILES string of the molecule is COC(=O)C(NC(=O)c1n[nH]c2ccc(Br)cc12)C(C)C. The molecule has 0 aliphatic carbocycles. The van der Waals surface area contributed by atoms with Crippen LogP contribution in [0.1, 0.15) is 24.3 Å². The Morgan fingerprint density at radius 1 is 1.38 bits per heavy atom. The predicted molar refractivity (Wildman–Crippen MR) is 81.9 cm³/mol. The molecule has 1 amide bonds. The Labute approximate surface area is 130 Å². The lowest BCUT2D eigenvalue weighted by Crippen LogP contribution is -2.45. The van der Waals surface area contributed by atoms with E-state index in [1.54, 1.807) is 6.07 Å². The van der Waals surface area contributed by atoms with Gasteiger partial charge in [-0.25, -0.2) is 4.79 Å². The molecular weight excluding hydrogens is 338 g/mol. The summed E-state index contributed by atoms with van der Waals surface area (Å²) in [5.74, 6) is -0.971. The minimum absolute atomic E-state index is 0.0849. The zero-order valence-electron chi connectivity index (χ0n) is 11.9. The third-order valence-corrected chi connectivity index (χ3v) is 3.64. The van der Waals surface area contributed by atoms with Gasteiger partial charge in [0.05, 0.1) is 12.6 Å². The highest BCUT2D eigenvalue weighted by atomic mass is 79.9. The maximum absolute atomic E-state index is 12.3. The lowest BCUT2D eigenvalue weighted by atomic mass is 10.0. The first-order chi connectivity index (χ1) is 9.93. The summed E-state index contributed by atoms with van der Waals surface area (Å²) in [4.78, 5) is 24.1. The molecule has 21 heavy (non-hydrogen) atoms. The fourth-order valence-corrected chi connectivity index (χ4v) is 2.35. The fraction of sp³-hybridized carbons (Fsp3) is 0.357. The number of H-pyrrole nitrogens is 1. The quantitative estimate of drug-likeness (QED) is 0.825. The zero-order chi connectivity index (χ0) is 15.6. The molecule has 1 aromatic heterocycles. The molecule has 0 fully saturated rings. The van der Waals surface area contributed by atoms with Gasteiger partial charge in [0.25, 0.3) is 5.91 Å². The van der Waals surface area contributed by atoms with E-state index in [9.17, 15) is 9.59 Å². The molecule has 7 heteroatoms. The first-order valence-electron chi connectivity index (χ1n) is 6.46. The molecule has 0 spiro atoms. The number of methoxy groups -OCH3 is 1. The third-order valence-electron chi connectivity index (χ3n) is 3.15. The van der Waals surface area contributed by atoms with Crippen molar-refractivity contribution in [3.63, 3.8) is 0 Å². The average molecular weight is 354 g/mol. The van der Waals surface area contributed by atoms with Gasteiger partial charge in [0, 0.05) is 9.86 Å². The van der Waals surface area contributed by atoms with E-state index >= 15 is 0 Å². The molecular formula is C14H16BrN3O3. The van der Waals surface area contributed by atoms with Gasteiger partial charge in [-0.3, -0.25) is 9.89 Å². The normalized spacial score (nSPS) is 12.4. The van der Waals surface area contributed by atoms with Crippen molar-refractivity contribution in [3.8, 4) is 0 Å². The minimum atomic E-state index is -0.707. The minimum Gasteiger partial charge on any atom is -0.467 e. The highest BCUT2D eigenvalue weighted by Crippen LogP contribution is 2.21. The van der Waals surface area contributed by atoms with Crippen LogP contribution in [0, 0.1) is 5.92 Å². The van der Waals surface area contributed by atoms with E-state index in [-0.39, 0.29) is 11.6 Å². The number of fused-ring (bicyclic) bond motifs is 1. The van der Waals surface area contributed by atoms with Crippen LogP contribution in [0.3, 0.4) is 0 Å². The predicted octanol–water partition coefficient (Wildman–Crippen LogP) is 2.25. The van der Waals surface area contributed by atoms with Crippen molar-refractivity contribution in [2.75, 3.05) is 7.11 Å². The van der Waals surface area contributed by atoms with E-state index in [2.05, 4.69) is 31.4 Å². The van der Waals surface area contributed by atoms with Crippen LogP contribution in [0.2, 0.25) is 0 Å². The second-order valence-corrected chi connectivity index (χ2v) is 5.90. The lowest BCUT2D eigenvalue weighted by Gasteiger charge is -2.19. The molecule has 2 rings (SSSR count). The molecule has 1 atom stereocenters. The summed E-state index contributed by atoms with van der Waals surface area (Å²) in [6.07, 6.45) is 0. The number of benzene rings is 1. The van der Waals surface area contributed by atoms with Crippen LogP contribution in [-0.4, -0.2) is 35.2 Å². The van der Waals surface area contributed by atoms with Crippen molar-refractivity contribution in [1.29, 1.82) is 0 Å². The third kappa shape index (κ3) is 3.24. The summed E-state index contributed by atoms with van der Waals surface area (Å²) in [6, 6.07) is 4.77. The van der Waals surface area contributed by atoms with Crippen LogP contribution >= 0.6 is 15.9 Å². The van der Waals surface area contributed by atoms with Gasteiger partial charge in [-0.05, 0) is 24.1 Å². The molecule has 112 valence electrons. The number of hydrogen-bond donors (Lipinski definition) is 2. The Hall–Kier alpha value is -1.89. The fourth-order valence-electron chi connectivity index (χ4n) is 1.99. The lowest BCUT2D eigenvalue weighted by molar-refractivity contribution is -0.144. The zero-order valence-corrected chi connectivity index (χ0v) is 13.5. The number of ether oxygens (including phenoxy) is 1. The maximum Gasteiger partial charge on any atom is 0.328 e. The van der Waals surface area contributed by atoms with Gasteiger partial charge in [0.15, 0.2) is 5.69 Å². The van der Waals surface area contributed by atoms with E-state index in [1.807, 2.05) is 26.0 Å². The molecule has 2 N–H and O–H groups in total. The number of nitrogens with zero attached hydrogens (tertiary/aromatic N) is 1. The molecule has 0 radical (unpaired) electrons. The van der Waals surface area contributed by atoms with Gasteiger partial charge in [-0.1, -0.05) is 29.8 Å². The summed E-state index contributed by atoms with van der Waals surface area (Å²) in [6.45, 7) is 3.67. The molecule has 0 bridgehead atoms. The first kappa shape index (κ1) is 15.5. The summed E-state index contributed by atoms with van der Waals surface area (Å²) < 4.78 is 5.56. The van der Waals surface area contributed by atoms with E-state index in [4.69, 9.17) is 4.74 Å². The molecule has 0 aliphatic rings. The van der Waals surface area contributed by atoms with Gasteiger partial charge in [0.1, 0.15) is 6.04 Å². The number of aromatic nitrogens is 2. The highest BCUT2D eigenvalue weighted by molar-refractivity contribution is 9.10. The average Bonchev–Trinajstić information content (AvgIpc) is 2.86. The van der Waals surface area contributed by atoms with E-state index < -0.39 is 17.9 Å². The van der Waals surface area contributed by atoms with E-state index in [1.165, 1.54) is 7.11 Å². The topological polar surface area (TPSA) is 84.1 Å². The van der Waals surface area contributed by atoms with Crippen LogP contribution in [0.4, 0.5) is 0 Å². The number of carbonyl (C=O) groups is 2. The summed E-state index contributed by atoms with van der Waals surface area (Å²) in [7, 11) is 1.30. The number of rotatable bonds is 4. The van der Waals surface area contributed by atoms with Crippen LogP contribution in [0.15, 0.2) is 22.7 Å². The van der Waals surface area contributed by atoms with Crippen molar-refractivity contribution in [2.45, 2.75) is 19.9 Å². The van der Waals surface area contributed by atoms with Crippen LogP contribution in [0.5, 0.6) is 0 Å². The van der Waals surface area contributed by atoms with Crippen LogP contribution < -0.4 is 5.32 Å². The maximum atomic E-state index is 12.3. The Kier molecular flexibility index (Phi) is 4.62. The Balaban J connectivity index is 2.29. The Bertz CT molecular complexity index is 681. The largest absolute Gasteiger partial charge is 0.467 e. The molecule has 0 saturated heterocycles. The number of nitrogens with one attached hydrogen (secondary N) is 2. The Morgan fingerprint density at radius 2 is 2.10 bits per heavy atom. The number of amides is 1. The van der Waals surface area contributed by atoms with Crippen molar-refractivity contribution in [3.05, 3.63) is 28.4 Å². The van der Waals surface area contributed by atoms with Gasteiger partial charge >= 0.3 is 5.97 Å². The van der Waals surface area contributed by atoms with Gasteiger partial charge in [-0.15, -0.1) is 0 Å². The summed E-state index contributed by atoms with van der Waals surface area (Å²) >= 11 is 3.36. The molecule has 1 heterocycles. The van der Waals surface area contributed by atoms with Crippen molar-refractivity contribution in [2.24, 2.45) is 5.92 Å². The van der Waals surface area contributed by atoms with E-state index in [0.717, 1.165) is 9.99 Å². The summed E-state index contributed by atoms with van der Waals surface area (Å²) in [5, 5.41) is 10.2. The molecule has 2 aromatic rings. The number of hydrogen-bond acceptors (Lipinski definition) is 4. The smallest absolute Gasteiger partial charge is 0.328 e. The van der Waals surface area contributed by atoms with Crippen molar-refractivity contribution in [1.82, 2.24) is 15.5 Å². The number of aromatic amines is 1. The highest BCUT2D eigenvalue weighted by Gasteiger charge is 2.27. The van der Waals surface area contributed by atoms with E-state index in [0.29, 0.717) is 5.39 Å². The second-order valence-electron chi connectivity index (χ2n) is 4.98. The number of carbonyl (C=O) groups excluding carboxylic acids is 2. The molecule has 0 aliphatic heterocycles. The first-order valence-corrected chi connectivity index (χ1v) is 7.25. The molecule has 1 aromatic carbocycles. The standard InChI is InChI=1S/C14H16BrN3O3/c1-7(2)11(14(20)21-3)16-13(19)12-9-6-8(15)4-5-10(9)17-18-12/h4-7,11H,1-3H3,(H,16,19)(H,17,18). The van der Waals surface area contributed by atoms with Gasteiger partial charge in [0.2, 0.25) is 0 Å². The molecule has 1 unspecified atom stereocenters.